The molecule has 0 heterocycles. The van der Waals surface area contributed by atoms with E-state index >= 15 is 0 Å². The van der Waals surface area contributed by atoms with Gasteiger partial charge in [-0.3, -0.25) is 24.6 Å². The van der Waals surface area contributed by atoms with Crippen molar-refractivity contribution < 1.29 is 44.3 Å². The maximum absolute atomic E-state index is 13.9. The van der Waals surface area contributed by atoms with E-state index in [-0.39, 0.29) is 35.4 Å². The zero-order valence-electron chi connectivity index (χ0n) is 22.9. The molecule has 214 valence electrons. The van der Waals surface area contributed by atoms with Gasteiger partial charge in [0.05, 0.1) is 11.6 Å². The molecule has 1 fully saturated rings. The Kier molecular flexibility index (Phi) is 6.75. The van der Waals surface area contributed by atoms with E-state index in [0.29, 0.717) is 11.3 Å². The lowest BCUT2D eigenvalue weighted by Crippen LogP contribution is -2.65. The molecule has 0 radical (unpaired) electrons. The van der Waals surface area contributed by atoms with Gasteiger partial charge in [-0.2, -0.15) is 0 Å². The van der Waals surface area contributed by atoms with Crippen LogP contribution in [0.25, 0.3) is 5.76 Å². The van der Waals surface area contributed by atoms with Gasteiger partial charge in [0.1, 0.15) is 28.6 Å². The van der Waals surface area contributed by atoms with Crippen LogP contribution in [-0.4, -0.2) is 74.5 Å². The van der Waals surface area contributed by atoms with Crippen molar-refractivity contribution in [3.05, 3.63) is 70.0 Å². The molecule has 0 aliphatic heterocycles. The summed E-state index contributed by atoms with van der Waals surface area (Å²) in [5, 5.41) is 47.3. The number of phenolic OH excluding ortho intramolecular Hbond substituents is 1. The predicted molar refractivity (Wildman–Crippen MR) is 147 cm³/mol. The molecule has 5 rings (SSSR count). The van der Waals surface area contributed by atoms with Gasteiger partial charge in [0, 0.05) is 17.2 Å². The third-order valence-electron chi connectivity index (χ3n) is 8.18. The number of aliphatic hydroxyl groups is 3. The number of carbonyl (C=O) groups is 4. The number of nitrogens with zero attached hydrogens (tertiary/aromatic N) is 1. The molecule has 3 aliphatic rings. The molecule has 1 amide bonds. The van der Waals surface area contributed by atoms with Gasteiger partial charge < -0.3 is 25.2 Å². The highest BCUT2D eigenvalue weighted by Crippen LogP contribution is 2.53. The molecule has 11 heteroatoms. The van der Waals surface area contributed by atoms with Gasteiger partial charge in [-0.15, -0.1) is 0 Å². The Bertz CT molecular complexity index is 1570. The normalized spacial score (nSPS) is 25.5. The molecule has 4 atom stereocenters. The Hall–Kier alpha value is -4.48. The van der Waals surface area contributed by atoms with Crippen LogP contribution in [0.1, 0.15) is 30.0 Å². The minimum absolute atomic E-state index is 0.0339. The van der Waals surface area contributed by atoms with Crippen molar-refractivity contribution in [2.75, 3.05) is 19.4 Å². The summed E-state index contributed by atoms with van der Waals surface area (Å²) in [6.07, 6.45) is -0.809. The van der Waals surface area contributed by atoms with Crippen molar-refractivity contribution in [2.24, 2.45) is 11.8 Å². The van der Waals surface area contributed by atoms with Crippen molar-refractivity contribution in [2.45, 2.75) is 38.3 Å². The van der Waals surface area contributed by atoms with Crippen molar-refractivity contribution in [3.63, 3.8) is 0 Å². The molecular formula is C30H30N2O9. The highest BCUT2D eigenvalue weighted by Gasteiger charge is 2.64. The number of benzene rings is 2. The second kappa shape index (κ2) is 9.86. The van der Waals surface area contributed by atoms with E-state index in [1.54, 1.807) is 38.4 Å². The third kappa shape index (κ3) is 4.28. The zero-order chi connectivity index (χ0) is 30.0. The minimum atomic E-state index is -2.65. The van der Waals surface area contributed by atoms with Crippen molar-refractivity contribution in [1.29, 1.82) is 0 Å². The second-order valence-electron chi connectivity index (χ2n) is 11.0. The molecule has 0 saturated heterocycles. The van der Waals surface area contributed by atoms with Gasteiger partial charge in [0.2, 0.25) is 5.78 Å². The molecule has 11 nitrogen and oxygen atoms in total. The highest BCUT2D eigenvalue weighted by molar-refractivity contribution is 6.25. The lowest BCUT2D eigenvalue weighted by Gasteiger charge is -2.50. The molecule has 0 unspecified atom stereocenters. The van der Waals surface area contributed by atoms with E-state index in [4.69, 9.17) is 4.74 Å². The number of aromatic hydroxyl groups is 1. The Balaban J connectivity index is 1.58. The number of Topliss-reactive ketones (excluding diaryl/α,β-unsaturated/α-hetero) is 3. The monoisotopic (exact) mass is 562 g/mol. The number of ketones is 3. The summed E-state index contributed by atoms with van der Waals surface area (Å²) in [6, 6.07) is 8.37. The third-order valence-corrected chi connectivity index (χ3v) is 8.18. The average Bonchev–Trinajstić information content (AvgIpc) is 2.89. The SMILES string of the molecule is CC(=O)C1=C(O)[C@@]2(O)C(=O)C3=C(O)c4c(O)ccc(NC(=O)Oc5ccc(C)cc5)c4C[C@H]3C[C@H]2[C@H](N(C)C)C1=O. The molecule has 1 saturated carbocycles. The first-order valence-corrected chi connectivity index (χ1v) is 13.0. The molecule has 5 N–H and O–H groups in total. The summed E-state index contributed by atoms with van der Waals surface area (Å²) in [5.74, 6) is -6.22. The van der Waals surface area contributed by atoms with Gasteiger partial charge >= 0.3 is 6.09 Å². The van der Waals surface area contributed by atoms with Crippen LogP contribution >= 0.6 is 0 Å². The standard InChI is InChI=1S/C30H30N2O9/c1-13-5-7-16(8-6-13)41-29(39)31-19-9-10-20(34)23-17(19)11-15-12-18-24(32(3)4)26(36)21(14(2)33)27(37)30(18,40)28(38)22(15)25(23)35/h5-10,15,18,24,34-35,37,40H,11-12H2,1-4H3,(H,31,39)/t15-,18-,24-,30+/m0/s1. The first kappa shape index (κ1) is 28.1. The van der Waals surface area contributed by atoms with E-state index in [9.17, 15) is 39.6 Å². The molecule has 0 bridgehead atoms. The molecule has 41 heavy (non-hydrogen) atoms. The van der Waals surface area contributed by atoms with E-state index < -0.39 is 64.0 Å². The van der Waals surface area contributed by atoms with Gasteiger partial charge in [-0.25, -0.2) is 4.79 Å². The summed E-state index contributed by atoms with van der Waals surface area (Å²) < 4.78 is 5.34. The van der Waals surface area contributed by atoms with Crippen molar-refractivity contribution in [1.82, 2.24) is 4.90 Å². The molecule has 3 aliphatic carbocycles. The summed E-state index contributed by atoms with van der Waals surface area (Å²) in [6.45, 7) is 2.95. The van der Waals surface area contributed by atoms with Crippen LogP contribution in [0, 0.1) is 18.8 Å². The van der Waals surface area contributed by atoms with E-state index in [1.165, 1.54) is 17.0 Å². The lowest BCUT2D eigenvalue weighted by atomic mass is 9.57. The van der Waals surface area contributed by atoms with E-state index in [1.807, 2.05) is 6.92 Å². The Labute approximate surface area is 235 Å². The Morgan fingerprint density at radius 1 is 1.05 bits per heavy atom. The number of amides is 1. The average molecular weight is 563 g/mol. The van der Waals surface area contributed by atoms with Crippen LogP contribution in [0.3, 0.4) is 0 Å². The van der Waals surface area contributed by atoms with E-state index in [0.717, 1.165) is 12.5 Å². The highest BCUT2D eigenvalue weighted by atomic mass is 16.6. The van der Waals surface area contributed by atoms with Crippen molar-refractivity contribution >= 4 is 34.9 Å². The summed E-state index contributed by atoms with van der Waals surface area (Å²) >= 11 is 0. The minimum Gasteiger partial charge on any atom is -0.508 e. The first-order valence-electron chi connectivity index (χ1n) is 13.0. The molecule has 0 spiro atoms. The van der Waals surface area contributed by atoms with Crippen LogP contribution in [0.4, 0.5) is 10.5 Å². The van der Waals surface area contributed by atoms with Crippen LogP contribution < -0.4 is 10.1 Å². The Morgan fingerprint density at radius 3 is 2.32 bits per heavy atom. The number of carbonyl (C=O) groups excluding carboxylic acids is 4. The first-order chi connectivity index (χ1) is 19.3. The lowest BCUT2D eigenvalue weighted by molar-refractivity contribution is -0.153. The largest absolute Gasteiger partial charge is 0.508 e. The quantitative estimate of drug-likeness (QED) is 0.275. The number of rotatable bonds is 4. The molecule has 0 aromatic heterocycles. The zero-order valence-corrected chi connectivity index (χ0v) is 22.9. The predicted octanol–water partition coefficient (Wildman–Crippen LogP) is 2.99. The van der Waals surface area contributed by atoms with Gasteiger partial charge in [-0.05, 0) is 76.5 Å². The number of aliphatic hydroxyl groups excluding tert-OH is 2. The fourth-order valence-corrected chi connectivity index (χ4v) is 6.31. The smallest absolute Gasteiger partial charge is 0.417 e. The van der Waals surface area contributed by atoms with Gasteiger partial charge in [0.25, 0.3) is 0 Å². The van der Waals surface area contributed by atoms with Crippen LogP contribution in [0.2, 0.25) is 0 Å². The number of likely N-dealkylation sites (N-methyl/N-ethyl adjacent to an activating group) is 1. The maximum Gasteiger partial charge on any atom is 0.417 e. The topological polar surface area (TPSA) is 174 Å². The number of anilines is 1. The number of ether oxygens (including phenoxy) is 1. The fraction of sp³-hybridized carbons (Fsp3) is 0.333. The number of phenols is 1. The summed E-state index contributed by atoms with van der Waals surface area (Å²) in [5.41, 5.74) is -2.15. The number of fused-ring (bicyclic) bond motifs is 3. The van der Waals surface area contributed by atoms with Crippen LogP contribution in [0.5, 0.6) is 11.5 Å². The number of nitrogens with one attached hydrogen (secondary N) is 1. The summed E-state index contributed by atoms with van der Waals surface area (Å²) in [4.78, 5) is 53.7. The maximum atomic E-state index is 13.9. The molecule has 2 aromatic rings. The number of hydrogen-bond donors (Lipinski definition) is 5. The second-order valence-corrected chi connectivity index (χ2v) is 11.0. The number of aryl methyl sites for hydroxylation is 1. The number of hydrogen-bond acceptors (Lipinski definition) is 10. The van der Waals surface area contributed by atoms with Crippen LogP contribution in [-0.2, 0) is 20.8 Å². The van der Waals surface area contributed by atoms with E-state index in [2.05, 4.69) is 5.32 Å². The molecule has 2 aromatic carbocycles. The van der Waals surface area contributed by atoms with Crippen LogP contribution in [0.15, 0.2) is 53.3 Å². The Morgan fingerprint density at radius 2 is 1.71 bits per heavy atom. The van der Waals surface area contributed by atoms with Gasteiger partial charge in [-0.1, -0.05) is 17.7 Å². The summed E-state index contributed by atoms with van der Waals surface area (Å²) in [7, 11) is 3.12. The van der Waals surface area contributed by atoms with Gasteiger partial charge in [0.15, 0.2) is 17.2 Å². The fourth-order valence-electron chi connectivity index (χ4n) is 6.31. The van der Waals surface area contributed by atoms with Crippen molar-refractivity contribution in [3.8, 4) is 11.5 Å². The molecular weight excluding hydrogens is 532 g/mol.